The summed E-state index contributed by atoms with van der Waals surface area (Å²) in [4.78, 5) is 21.7. The van der Waals surface area contributed by atoms with Crippen LogP contribution in [0.25, 0.3) is 0 Å². The molecule has 124 valence electrons. The minimum atomic E-state index is -1.92. The second-order valence-electron chi connectivity index (χ2n) is 4.06. The second kappa shape index (κ2) is 8.30. The normalized spacial score (nSPS) is 12.0. The number of hydrogen-bond acceptors (Lipinski definition) is 4. The molecule has 1 atom stereocenters. The average molecular weight is 398 g/mol. The van der Waals surface area contributed by atoms with E-state index in [1.165, 1.54) is 18.2 Å². The van der Waals surface area contributed by atoms with Gasteiger partial charge in [-0.1, -0.05) is 53.5 Å². The molecular weight excluding hydrogens is 387 g/mol. The predicted octanol–water partition coefficient (Wildman–Crippen LogP) is 2.88. The van der Waals surface area contributed by atoms with Crippen molar-refractivity contribution in [1.29, 1.82) is 0 Å². The van der Waals surface area contributed by atoms with Gasteiger partial charge in [-0.25, -0.2) is 0 Å². The highest BCUT2D eigenvalue weighted by molar-refractivity contribution is 7.80. The van der Waals surface area contributed by atoms with E-state index in [0.29, 0.717) is 0 Å². The van der Waals surface area contributed by atoms with E-state index >= 15 is 0 Å². The molecule has 1 amide bonds. The Labute approximate surface area is 152 Å². The number of rotatable bonds is 5. The third-order valence-corrected chi connectivity index (χ3v) is 3.30. The quantitative estimate of drug-likeness (QED) is 0.177. The van der Waals surface area contributed by atoms with Crippen molar-refractivity contribution in [2.24, 2.45) is 0 Å². The predicted molar refractivity (Wildman–Crippen MR) is 94.9 cm³/mol. The van der Waals surface area contributed by atoms with Crippen LogP contribution in [-0.4, -0.2) is 25.9 Å². The zero-order valence-electron chi connectivity index (χ0n) is 11.4. The molecule has 11 heteroatoms. The van der Waals surface area contributed by atoms with Crippen LogP contribution in [0.2, 0.25) is 0 Å². The van der Waals surface area contributed by atoms with E-state index in [4.69, 9.17) is 47.0 Å². The van der Waals surface area contributed by atoms with Gasteiger partial charge in [0.05, 0.1) is 4.92 Å². The maximum absolute atomic E-state index is 11.4. The number of nitro groups is 1. The molecule has 0 spiro atoms. The van der Waals surface area contributed by atoms with Gasteiger partial charge in [-0.05, 0) is 24.4 Å². The van der Waals surface area contributed by atoms with Crippen LogP contribution in [0, 0.1) is 10.1 Å². The first kappa shape index (κ1) is 19.4. The third kappa shape index (κ3) is 6.19. The molecule has 0 bridgehead atoms. The molecule has 0 saturated heterocycles. The highest BCUT2D eigenvalue weighted by Crippen LogP contribution is 2.29. The van der Waals surface area contributed by atoms with Gasteiger partial charge in [0.15, 0.2) is 5.11 Å². The maximum atomic E-state index is 11.4. The first-order valence-electron chi connectivity index (χ1n) is 5.95. The van der Waals surface area contributed by atoms with Gasteiger partial charge in [-0.15, -0.1) is 0 Å². The van der Waals surface area contributed by atoms with Crippen molar-refractivity contribution in [1.82, 2.24) is 10.6 Å². The number of nitro benzene ring substituents is 1. The van der Waals surface area contributed by atoms with Crippen molar-refractivity contribution in [2.75, 3.05) is 5.32 Å². The van der Waals surface area contributed by atoms with Gasteiger partial charge < -0.3 is 16.0 Å². The number of carbonyl (C=O) groups excluding carboxylic acids is 1. The van der Waals surface area contributed by atoms with Crippen molar-refractivity contribution in [3.05, 3.63) is 47.0 Å². The summed E-state index contributed by atoms with van der Waals surface area (Å²) in [5.41, 5.74) is -0.0367. The SMILES string of the molecule is C=CC(=O)N[C@@H](NC(=S)Nc1ccccc1[N+](=O)[O-])C(Cl)(Cl)Cl. The molecule has 23 heavy (non-hydrogen) atoms. The highest BCUT2D eigenvalue weighted by atomic mass is 35.6. The zero-order chi connectivity index (χ0) is 17.6. The lowest BCUT2D eigenvalue weighted by molar-refractivity contribution is -0.383. The topological polar surface area (TPSA) is 96.3 Å². The van der Waals surface area contributed by atoms with Gasteiger partial charge in [0.2, 0.25) is 9.70 Å². The lowest BCUT2D eigenvalue weighted by Gasteiger charge is -2.27. The number of para-hydroxylation sites is 2. The van der Waals surface area contributed by atoms with Crippen LogP contribution in [-0.2, 0) is 4.79 Å². The fourth-order valence-electron chi connectivity index (χ4n) is 1.43. The van der Waals surface area contributed by atoms with Crippen LogP contribution in [0.3, 0.4) is 0 Å². The molecule has 0 aromatic heterocycles. The molecule has 0 radical (unpaired) electrons. The van der Waals surface area contributed by atoms with Crippen molar-refractivity contribution in [2.45, 2.75) is 9.96 Å². The number of hydrogen-bond donors (Lipinski definition) is 3. The van der Waals surface area contributed by atoms with E-state index in [-0.39, 0.29) is 16.5 Å². The van der Waals surface area contributed by atoms with E-state index < -0.39 is 20.8 Å². The smallest absolute Gasteiger partial charge is 0.292 e. The largest absolute Gasteiger partial charge is 0.339 e. The van der Waals surface area contributed by atoms with Gasteiger partial charge >= 0.3 is 0 Å². The van der Waals surface area contributed by atoms with Crippen molar-refractivity contribution in [3.8, 4) is 0 Å². The van der Waals surface area contributed by atoms with Crippen LogP contribution in [0.1, 0.15) is 0 Å². The van der Waals surface area contributed by atoms with Crippen molar-refractivity contribution in [3.63, 3.8) is 0 Å². The second-order valence-corrected chi connectivity index (χ2v) is 6.84. The van der Waals surface area contributed by atoms with E-state index in [2.05, 4.69) is 22.5 Å². The summed E-state index contributed by atoms with van der Waals surface area (Å²) in [7, 11) is 0. The van der Waals surface area contributed by atoms with Crippen molar-refractivity contribution < 1.29 is 9.72 Å². The summed E-state index contributed by atoms with van der Waals surface area (Å²) in [5, 5.41) is 18.4. The van der Waals surface area contributed by atoms with Gasteiger partial charge in [0.1, 0.15) is 11.9 Å². The summed E-state index contributed by atoms with van der Waals surface area (Å²) in [6.07, 6.45) is -0.190. The average Bonchev–Trinajstić information content (AvgIpc) is 2.45. The van der Waals surface area contributed by atoms with E-state index in [1.807, 2.05) is 0 Å². The molecule has 3 N–H and O–H groups in total. The number of thiocarbonyl (C=S) groups is 1. The number of benzene rings is 1. The Balaban J connectivity index is 2.86. The molecule has 0 aliphatic heterocycles. The molecule has 0 aliphatic rings. The Morgan fingerprint density at radius 1 is 1.35 bits per heavy atom. The van der Waals surface area contributed by atoms with Gasteiger partial charge in [0.25, 0.3) is 5.69 Å². The number of amides is 1. The Kier molecular flexibility index (Phi) is 7.01. The van der Waals surface area contributed by atoms with E-state index in [9.17, 15) is 14.9 Å². The standard InChI is InChI=1S/C12H11Cl3N4O3S/c1-2-9(20)17-10(12(13,14)15)18-11(23)16-7-5-3-4-6-8(7)19(21)22/h2-6,10H,1H2,(H,17,20)(H2,16,18,23)/t10-/m0/s1. The molecule has 1 rings (SSSR count). The fraction of sp³-hybridized carbons (Fsp3) is 0.167. The van der Waals surface area contributed by atoms with E-state index in [0.717, 1.165) is 6.08 Å². The highest BCUT2D eigenvalue weighted by Gasteiger charge is 2.34. The summed E-state index contributed by atoms with van der Waals surface area (Å²) in [5.74, 6) is -0.595. The molecule has 0 fully saturated rings. The molecular formula is C12H11Cl3N4O3S. The van der Waals surface area contributed by atoms with Crippen LogP contribution < -0.4 is 16.0 Å². The Bertz CT molecular complexity index is 636. The lowest BCUT2D eigenvalue weighted by Crippen LogP contribution is -2.55. The number of alkyl halides is 3. The molecule has 0 aliphatic carbocycles. The molecule has 1 aromatic carbocycles. The Hall–Kier alpha value is -1.61. The monoisotopic (exact) mass is 396 g/mol. The minimum Gasteiger partial charge on any atom is -0.339 e. The molecule has 1 aromatic rings. The Morgan fingerprint density at radius 2 is 1.96 bits per heavy atom. The summed E-state index contributed by atoms with van der Waals surface area (Å²) in [6.45, 7) is 3.28. The van der Waals surface area contributed by atoms with Crippen LogP contribution in [0.5, 0.6) is 0 Å². The van der Waals surface area contributed by atoms with Gasteiger partial charge in [-0.3, -0.25) is 14.9 Å². The number of carbonyl (C=O) groups is 1. The first-order valence-corrected chi connectivity index (χ1v) is 7.50. The maximum Gasteiger partial charge on any atom is 0.292 e. The van der Waals surface area contributed by atoms with Crippen LogP contribution >= 0.6 is 47.0 Å². The summed E-state index contributed by atoms with van der Waals surface area (Å²) >= 11 is 22.3. The van der Waals surface area contributed by atoms with Crippen LogP contribution in [0.15, 0.2) is 36.9 Å². The van der Waals surface area contributed by atoms with Crippen LogP contribution in [0.4, 0.5) is 11.4 Å². The number of nitrogens with zero attached hydrogens (tertiary/aromatic N) is 1. The van der Waals surface area contributed by atoms with Gasteiger partial charge in [0, 0.05) is 6.07 Å². The Morgan fingerprint density at radius 3 is 2.48 bits per heavy atom. The zero-order valence-corrected chi connectivity index (χ0v) is 14.5. The minimum absolute atomic E-state index is 0.0833. The lowest BCUT2D eigenvalue weighted by atomic mass is 10.3. The number of halogens is 3. The molecule has 0 heterocycles. The van der Waals surface area contributed by atoms with E-state index in [1.54, 1.807) is 6.07 Å². The molecule has 0 saturated carbocycles. The third-order valence-electron chi connectivity index (χ3n) is 2.42. The number of anilines is 1. The molecule has 0 unspecified atom stereocenters. The van der Waals surface area contributed by atoms with Crippen molar-refractivity contribution >= 4 is 69.4 Å². The molecule has 7 nitrogen and oxygen atoms in total. The number of nitrogens with one attached hydrogen (secondary N) is 3. The van der Waals surface area contributed by atoms with Gasteiger partial charge in [-0.2, -0.15) is 0 Å². The fourth-order valence-corrected chi connectivity index (χ4v) is 1.98. The first-order chi connectivity index (χ1) is 10.6. The summed E-state index contributed by atoms with van der Waals surface area (Å²) < 4.78 is -1.92. The summed E-state index contributed by atoms with van der Waals surface area (Å²) in [6, 6.07) is 5.85.